The van der Waals surface area contributed by atoms with Crippen LogP contribution in [0.5, 0.6) is 0 Å². The van der Waals surface area contributed by atoms with Crippen molar-refractivity contribution in [2.45, 2.75) is 52.1 Å². The number of ether oxygens (including phenoxy) is 2. The molecule has 0 bridgehead atoms. The number of hydrogen-bond acceptors (Lipinski definition) is 6. The zero-order chi connectivity index (χ0) is 21.7. The third-order valence-corrected chi connectivity index (χ3v) is 6.63. The summed E-state index contributed by atoms with van der Waals surface area (Å²) in [5.74, 6) is -1.42. The van der Waals surface area contributed by atoms with E-state index >= 15 is 0 Å². The number of anilines is 1. The fourth-order valence-electron chi connectivity index (χ4n) is 3.44. The van der Waals surface area contributed by atoms with Crippen LogP contribution in [0.3, 0.4) is 0 Å². The second-order valence-electron chi connectivity index (χ2n) is 7.11. The van der Waals surface area contributed by atoms with Gasteiger partial charge in [0.25, 0.3) is 5.91 Å². The molecule has 3 rings (SSSR count). The number of esters is 2. The molecule has 1 aromatic carbocycles. The first-order valence-electron chi connectivity index (χ1n) is 9.99. The van der Waals surface area contributed by atoms with Crippen LogP contribution in [-0.2, 0) is 9.47 Å². The maximum absolute atomic E-state index is 12.8. The van der Waals surface area contributed by atoms with E-state index in [0.717, 1.165) is 47.9 Å². The molecule has 2 aromatic rings. The van der Waals surface area contributed by atoms with Crippen molar-refractivity contribution in [3.8, 4) is 0 Å². The van der Waals surface area contributed by atoms with Crippen LogP contribution >= 0.6 is 27.3 Å². The number of benzene rings is 1. The predicted octanol–water partition coefficient (Wildman–Crippen LogP) is 5.74. The van der Waals surface area contributed by atoms with Gasteiger partial charge in [-0.15, -0.1) is 11.3 Å². The molecule has 160 valence electrons. The van der Waals surface area contributed by atoms with Crippen LogP contribution in [0.1, 0.15) is 75.0 Å². The van der Waals surface area contributed by atoms with Crippen LogP contribution in [0.4, 0.5) is 5.00 Å². The molecule has 1 aromatic heterocycles. The molecule has 1 aliphatic rings. The molecule has 1 N–H and O–H groups in total. The van der Waals surface area contributed by atoms with Crippen molar-refractivity contribution in [1.82, 2.24) is 0 Å². The van der Waals surface area contributed by atoms with Gasteiger partial charge in [-0.05, 0) is 63.3 Å². The summed E-state index contributed by atoms with van der Waals surface area (Å²) in [5.41, 5.74) is 1.08. The summed E-state index contributed by atoms with van der Waals surface area (Å²) in [5, 5.41) is 3.05. The number of carbonyl (C=O) groups is 3. The van der Waals surface area contributed by atoms with Crippen molar-refractivity contribution >= 4 is 50.1 Å². The number of nitrogens with one attached hydrogen (secondary N) is 1. The van der Waals surface area contributed by atoms with Crippen molar-refractivity contribution < 1.29 is 23.9 Å². The average Bonchev–Trinajstić information content (AvgIpc) is 3.05. The van der Waals surface area contributed by atoms with E-state index in [2.05, 4.69) is 21.2 Å². The third kappa shape index (κ3) is 5.29. The van der Waals surface area contributed by atoms with Crippen molar-refractivity contribution in [3.05, 3.63) is 50.3 Å². The topological polar surface area (TPSA) is 81.7 Å². The molecule has 1 amide bonds. The van der Waals surface area contributed by atoms with Crippen LogP contribution < -0.4 is 5.32 Å². The summed E-state index contributed by atoms with van der Waals surface area (Å²) in [7, 11) is 0. The molecule has 0 radical (unpaired) electrons. The quantitative estimate of drug-likeness (QED) is 0.518. The van der Waals surface area contributed by atoms with Gasteiger partial charge in [-0.2, -0.15) is 0 Å². The van der Waals surface area contributed by atoms with Gasteiger partial charge >= 0.3 is 11.9 Å². The lowest BCUT2D eigenvalue weighted by Crippen LogP contribution is -2.21. The van der Waals surface area contributed by atoms with Gasteiger partial charge < -0.3 is 14.8 Å². The fraction of sp³-hybridized carbons (Fsp3) is 0.409. The molecular weight excluding hydrogens is 470 g/mol. The highest BCUT2D eigenvalue weighted by Crippen LogP contribution is 2.35. The van der Waals surface area contributed by atoms with Crippen molar-refractivity contribution in [2.24, 2.45) is 0 Å². The second kappa shape index (κ2) is 10.2. The average molecular weight is 494 g/mol. The molecule has 0 unspecified atom stereocenters. The lowest BCUT2D eigenvalue weighted by Gasteiger charge is -2.21. The number of rotatable bonds is 6. The Morgan fingerprint density at radius 3 is 2.57 bits per heavy atom. The maximum Gasteiger partial charge on any atom is 0.348 e. The van der Waals surface area contributed by atoms with E-state index in [9.17, 15) is 14.4 Å². The van der Waals surface area contributed by atoms with Crippen LogP contribution in [0.15, 0.2) is 28.7 Å². The highest BCUT2D eigenvalue weighted by molar-refractivity contribution is 9.10. The highest BCUT2D eigenvalue weighted by Gasteiger charge is 2.29. The van der Waals surface area contributed by atoms with Crippen molar-refractivity contribution in [2.75, 3.05) is 11.9 Å². The molecule has 1 fully saturated rings. The van der Waals surface area contributed by atoms with Gasteiger partial charge in [-0.25, -0.2) is 9.59 Å². The molecule has 0 aliphatic heterocycles. The van der Waals surface area contributed by atoms with Gasteiger partial charge in [0, 0.05) is 10.0 Å². The Hall–Kier alpha value is -2.19. The number of hydrogen-bond donors (Lipinski definition) is 1. The number of halogens is 1. The third-order valence-electron chi connectivity index (χ3n) is 4.95. The normalized spacial score (nSPS) is 14.2. The Balaban J connectivity index is 1.88. The summed E-state index contributed by atoms with van der Waals surface area (Å²) in [4.78, 5) is 38.4. The highest BCUT2D eigenvalue weighted by atomic mass is 79.9. The number of carbonyl (C=O) groups excluding carboxylic acids is 3. The zero-order valence-electron chi connectivity index (χ0n) is 17.0. The van der Waals surface area contributed by atoms with Crippen molar-refractivity contribution in [1.29, 1.82) is 0 Å². The molecule has 0 atom stereocenters. The van der Waals surface area contributed by atoms with Gasteiger partial charge in [-0.1, -0.05) is 28.4 Å². The molecule has 1 heterocycles. The van der Waals surface area contributed by atoms with E-state index in [1.807, 2.05) is 6.07 Å². The Morgan fingerprint density at radius 2 is 1.90 bits per heavy atom. The number of amides is 1. The number of thiophene rings is 1. The molecule has 6 nitrogen and oxygen atoms in total. The van der Waals surface area contributed by atoms with Crippen LogP contribution in [-0.4, -0.2) is 30.6 Å². The SMILES string of the molecule is CCOC(=O)c1c(NC(=O)c2cccc(Br)c2)sc(C(=O)OC2CCCCC2)c1C. The first-order valence-corrected chi connectivity index (χ1v) is 11.6. The molecule has 30 heavy (non-hydrogen) atoms. The first-order chi connectivity index (χ1) is 14.4. The van der Waals surface area contributed by atoms with E-state index in [1.165, 1.54) is 0 Å². The summed E-state index contributed by atoms with van der Waals surface area (Å²) in [6.07, 6.45) is 4.86. The smallest absolute Gasteiger partial charge is 0.348 e. The van der Waals surface area contributed by atoms with Gasteiger partial charge in [0.2, 0.25) is 0 Å². The summed E-state index contributed by atoms with van der Waals surface area (Å²) < 4.78 is 11.6. The van der Waals surface area contributed by atoms with E-state index in [0.29, 0.717) is 16.0 Å². The van der Waals surface area contributed by atoms with Gasteiger partial charge in [-0.3, -0.25) is 4.79 Å². The monoisotopic (exact) mass is 493 g/mol. The lowest BCUT2D eigenvalue weighted by atomic mass is 9.98. The van der Waals surface area contributed by atoms with Gasteiger partial charge in [0.15, 0.2) is 0 Å². The van der Waals surface area contributed by atoms with Gasteiger partial charge in [0.05, 0.1) is 12.2 Å². The van der Waals surface area contributed by atoms with E-state index < -0.39 is 11.9 Å². The molecule has 1 saturated carbocycles. The Bertz CT molecular complexity index is 949. The molecule has 8 heteroatoms. The lowest BCUT2D eigenvalue weighted by molar-refractivity contribution is 0.0216. The second-order valence-corrected chi connectivity index (χ2v) is 9.05. The van der Waals surface area contributed by atoms with Gasteiger partial charge in [0.1, 0.15) is 16.0 Å². The molecular formula is C22H24BrNO5S. The minimum atomic E-state index is -0.576. The zero-order valence-corrected chi connectivity index (χ0v) is 19.4. The largest absolute Gasteiger partial charge is 0.462 e. The van der Waals surface area contributed by atoms with Crippen LogP contribution in [0.2, 0.25) is 0 Å². The predicted molar refractivity (Wildman–Crippen MR) is 119 cm³/mol. The fourth-order valence-corrected chi connectivity index (χ4v) is 4.91. The molecule has 1 aliphatic carbocycles. The Kier molecular flexibility index (Phi) is 7.66. The standard InChI is InChI=1S/C22H24BrNO5S/c1-3-28-21(26)17-13(2)18(22(27)29-16-10-5-4-6-11-16)30-20(17)24-19(25)14-8-7-9-15(23)12-14/h7-9,12,16H,3-6,10-11H2,1-2H3,(H,24,25). The molecule has 0 saturated heterocycles. The summed E-state index contributed by atoms with van der Waals surface area (Å²) >= 11 is 4.39. The maximum atomic E-state index is 12.8. The Labute approximate surface area is 188 Å². The van der Waals surface area contributed by atoms with E-state index in [4.69, 9.17) is 9.47 Å². The minimum absolute atomic E-state index is 0.0986. The minimum Gasteiger partial charge on any atom is -0.462 e. The summed E-state index contributed by atoms with van der Waals surface area (Å²) in [6.45, 7) is 3.57. The Morgan fingerprint density at radius 1 is 1.17 bits per heavy atom. The van der Waals surface area contributed by atoms with Crippen molar-refractivity contribution in [3.63, 3.8) is 0 Å². The summed E-state index contributed by atoms with van der Waals surface area (Å²) in [6, 6.07) is 6.91. The van der Waals surface area contributed by atoms with E-state index in [-0.39, 0.29) is 29.2 Å². The van der Waals surface area contributed by atoms with Crippen LogP contribution in [0.25, 0.3) is 0 Å². The van der Waals surface area contributed by atoms with Crippen LogP contribution in [0, 0.1) is 6.92 Å². The molecule has 0 spiro atoms. The van der Waals surface area contributed by atoms with E-state index in [1.54, 1.807) is 32.0 Å². The first kappa shape index (κ1) is 22.5.